The van der Waals surface area contributed by atoms with Crippen molar-refractivity contribution in [2.24, 2.45) is 5.73 Å². The van der Waals surface area contributed by atoms with Crippen molar-refractivity contribution in [2.45, 2.75) is 55.8 Å². The van der Waals surface area contributed by atoms with E-state index in [1.807, 2.05) is 0 Å². The van der Waals surface area contributed by atoms with Crippen LogP contribution in [0.25, 0.3) is 0 Å². The smallest absolute Gasteiger partial charge is 0.249 e. The number of halogens is 1. The molecule has 2 aliphatic rings. The first-order valence-corrected chi connectivity index (χ1v) is 10.7. The van der Waals surface area contributed by atoms with E-state index in [2.05, 4.69) is 5.32 Å². The number of benzene rings is 1. The third-order valence-corrected chi connectivity index (χ3v) is 7.02. The summed E-state index contributed by atoms with van der Waals surface area (Å²) in [5.41, 5.74) is 6.17. The molecule has 27 heavy (non-hydrogen) atoms. The Kier molecular flexibility index (Phi) is 8.05. The molecule has 3 N–H and O–H groups in total. The average Bonchev–Trinajstić information content (AvgIpc) is 3.16. The Morgan fingerprint density at radius 1 is 1.19 bits per heavy atom. The number of carbonyl (C=O) groups excluding carboxylic acids is 1. The number of rotatable bonds is 6. The van der Waals surface area contributed by atoms with Gasteiger partial charge in [-0.25, -0.2) is 8.42 Å². The summed E-state index contributed by atoms with van der Waals surface area (Å²) in [4.78, 5) is 12.6. The summed E-state index contributed by atoms with van der Waals surface area (Å²) in [6, 6.07) is 6.86. The van der Waals surface area contributed by atoms with E-state index in [9.17, 15) is 13.2 Å². The molecule has 152 valence electrons. The van der Waals surface area contributed by atoms with Gasteiger partial charge in [-0.2, -0.15) is 4.31 Å². The summed E-state index contributed by atoms with van der Waals surface area (Å²) in [6.07, 6.45) is 3.68. The zero-order chi connectivity index (χ0) is 18.6. The van der Waals surface area contributed by atoms with Crippen LogP contribution in [0, 0.1) is 0 Å². The molecule has 2 aliphatic heterocycles. The second kappa shape index (κ2) is 9.84. The first kappa shape index (κ1) is 22.1. The molecule has 1 aromatic carbocycles. The van der Waals surface area contributed by atoms with Gasteiger partial charge in [0, 0.05) is 26.2 Å². The van der Waals surface area contributed by atoms with Crippen molar-refractivity contribution in [2.75, 3.05) is 19.6 Å². The van der Waals surface area contributed by atoms with Gasteiger partial charge in [-0.05, 0) is 37.3 Å². The van der Waals surface area contributed by atoms with Crippen LogP contribution in [0.15, 0.2) is 29.2 Å². The molecule has 1 amide bonds. The summed E-state index contributed by atoms with van der Waals surface area (Å²) >= 11 is 0. The lowest BCUT2D eigenvalue weighted by molar-refractivity contribution is -0.132. The number of nitrogens with zero attached hydrogens (tertiary/aromatic N) is 1. The van der Waals surface area contributed by atoms with Crippen molar-refractivity contribution in [1.82, 2.24) is 9.62 Å². The average molecular weight is 418 g/mol. The van der Waals surface area contributed by atoms with E-state index in [1.54, 1.807) is 28.6 Å². The molecule has 2 atom stereocenters. The molecule has 2 fully saturated rings. The van der Waals surface area contributed by atoms with Crippen LogP contribution in [0.1, 0.15) is 37.7 Å². The fraction of sp³-hybridized carbons (Fsp3) is 0.611. The molecule has 0 saturated carbocycles. The van der Waals surface area contributed by atoms with Crippen LogP contribution >= 0.6 is 12.4 Å². The van der Waals surface area contributed by atoms with Crippen molar-refractivity contribution in [3.05, 3.63) is 29.8 Å². The predicted octanol–water partition coefficient (Wildman–Crippen LogP) is 1.41. The lowest BCUT2D eigenvalue weighted by Crippen LogP contribution is -2.37. The number of carbonyl (C=O) groups is 1. The van der Waals surface area contributed by atoms with Gasteiger partial charge in [0.1, 0.15) is 6.10 Å². The molecule has 2 saturated heterocycles. The highest BCUT2D eigenvalue weighted by atomic mass is 35.5. The number of ether oxygens (including phenoxy) is 1. The zero-order valence-corrected chi connectivity index (χ0v) is 16.9. The minimum absolute atomic E-state index is 0. The van der Waals surface area contributed by atoms with E-state index < -0.39 is 16.1 Å². The summed E-state index contributed by atoms with van der Waals surface area (Å²) in [5.74, 6) is -0.217. The first-order chi connectivity index (χ1) is 12.5. The number of hydrogen-bond donors (Lipinski definition) is 2. The van der Waals surface area contributed by atoms with Crippen LogP contribution in [0.5, 0.6) is 0 Å². The Morgan fingerprint density at radius 3 is 2.56 bits per heavy atom. The highest BCUT2D eigenvalue weighted by Gasteiger charge is 2.31. The highest BCUT2D eigenvalue weighted by Crippen LogP contribution is 2.24. The maximum atomic E-state index is 13.0. The Balaban J connectivity index is 0.00000261. The van der Waals surface area contributed by atoms with Gasteiger partial charge in [-0.15, -0.1) is 12.4 Å². The molecule has 0 unspecified atom stereocenters. The van der Waals surface area contributed by atoms with Crippen molar-refractivity contribution < 1.29 is 17.9 Å². The number of hydrogen-bond acceptors (Lipinski definition) is 5. The molecule has 0 spiro atoms. The van der Waals surface area contributed by atoms with Gasteiger partial charge >= 0.3 is 0 Å². The van der Waals surface area contributed by atoms with Crippen molar-refractivity contribution in [3.8, 4) is 0 Å². The SMILES string of the molecule is Cl.NC[C@H]1CC[C@@H](C(=O)NCc2ccccc2S(=O)(=O)N2CCCCC2)O1. The van der Waals surface area contributed by atoms with Gasteiger partial charge in [-0.1, -0.05) is 24.6 Å². The Morgan fingerprint density at radius 2 is 1.89 bits per heavy atom. The summed E-state index contributed by atoms with van der Waals surface area (Å²) in [5, 5.41) is 2.81. The third kappa shape index (κ3) is 5.20. The summed E-state index contributed by atoms with van der Waals surface area (Å²) < 4.78 is 33.1. The quantitative estimate of drug-likeness (QED) is 0.728. The topological polar surface area (TPSA) is 102 Å². The van der Waals surface area contributed by atoms with Crippen molar-refractivity contribution in [3.63, 3.8) is 0 Å². The lowest BCUT2D eigenvalue weighted by Gasteiger charge is -2.27. The van der Waals surface area contributed by atoms with Crippen LogP contribution in [0.2, 0.25) is 0 Å². The van der Waals surface area contributed by atoms with Gasteiger partial charge in [0.05, 0.1) is 11.0 Å². The fourth-order valence-electron chi connectivity index (χ4n) is 3.51. The van der Waals surface area contributed by atoms with Crippen LogP contribution in [-0.2, 0) is 26.1 Å². The number of nitrogens with one attached hydrogen (secondary N) is 1. The molecule has 2 heterocycles. The molecule has 0 bridgehead atoms. The van der Waals surface area contributed by atoms with Gasteiger partial charge in [0.25, 0.3) is 0 Å². The molecule has 3 rings (SSSR count). The minimum atomic E-state index is -3.54. The number of sulfonamides is 1. The van der Waals surface area contributed by atoms with Crippen molar-refractivity contribution in [1.29, 1.82) is 0 Å². The third-order valence-electron chi connectivity index (χ3n) is 5.02. The van der Waals surface area contributed by atoms with Crippen LogP contribution in [-0.4, -0.2) is 50.5 Å². The molecule has 1 aromatic rings. The van der Waals surface area contributed by atoms with E-state index in [4.69, 9.17) is 10.5 Å². The van der Waals surface area contributed by atoms with Crippen LogP contribution < -0.4 is 11.1 Å². The summed E-state index contributed by atoms with van der Waals surface area (Å²) in [6.45, 7) is 1.68. The Bertz CT molecular complexity index is 738. The highest BCUT2D eigenvalue weighted by molar-refractivity contribution is 7.89. The monoisotopic (exact) mass is 417 g/mol. The Hall–Kier alpha value is -1.19. The summed E-state index contributed by atoms with van der Waals surface area (Å²) in [7, 11) is -3.54. The standard InChI is InChI=1S/C18H27N3O4S.ClH/c19-12-15-8-9-16(25-15)18(22)20-13-14-6-2-3-7-17(14)26(23,24)21-10-4-1-5-11-21;/h2-3,6-7,15-16H,1,4-5,8-13,19H2,(H,20,22);1H/t15-,16+;/m1./s1. The molecular weight excluding hydrogens is 390 g/mol. The van der Waals surface area contributed by atoms with Crippen LogP contribution in [0.3, 0.4) is 0 Å². The molecule has 0 aliphatic carbocycles. The van der Waals surface area contributed by atoms with E-state index >= 15 is 0 Å². The second-order valence-corrected chi connectivity index (χ2v) is 8.76. The normalized spacial score (nSPS) is 23.6. The van der Waals surface area contributed by atoms with E-state index in [0.717, 1.165) is 25.7 Å². The predicted molar refractivity (Wildman–Crippen MR) is 105 cm³/mol. The Labute approximate surface area is 167 Å². The van der Waals surface area contributed by atoms with E-state index in [1.165, 1.54) is 0 Å². The zero-order valence-electron chi connectivity index (χ0n) is 15.3. The maximum Gasteiger partial charge on any atom is 0.249 e. The number of piperidine rings is 1. The largest absolute Gasteiger partial charge is 0.364 e. The number of nitrogens with two attached hydrogens (primary N) is 1. The fourth-order valence-corrected chi connectivity index (χ4v) is 5.25. The molecular formula is C18H28ClN3O4S. The first-order valence-electron chi connectivity index (χ1n) is 9.23. The second-order valence-electron chi connectivity index (χ2n) is 6.85. The van der Waals surface area contributed by atoms with E-state index in [-0.39, 0.29) is 35.9 Å². The molecule has 0 aromatic heterocycles. The lowest BCUT2D eigenvalue weighted by atomic mass is 10.2. The number of amides is 1. The minimum Gasteiger partial charge on any atom is -0.364 e. The van der Waals surface area contributed by atoms with E-state index in [0.29, 0.717) is 31.6 Å². The van der Waals surface area contributed by atoms with Crippen molar-refractivity contribution >= 4 is 28.3 Å². The van der Waals surface area contributed by atoms with Gasteiger partial charge in [0.15, 0.2) is 0 Å². The molecule has 0 radical (unpaired) electrons. The van der Waals surface area contributed by atoms with Crippen LogP contribution in [0.4, 0.5) is 0 Å². The van der Waals surface area contributed by atoms with Gasteiger partial charge in [-0.3, -0.25) is 4.79 Å². The molecule has 9 heteroatoms. The maximum absolute atomic E-state index is 13.0. The van der Waals surface area contributed by atoms with Gasteiger partial charge in [0.2, 0.25) is 15.9 Å². The van der Waals surface area contributed by atoms with Gasteiger partial charge < -0.3 is 15.8 Å². The molecule has 7 nitrogen and oxygen atoms in total.